The number of hydrogen-bond acceptors (Lipinski definition) is 3. The van der Waals surface area contributed by atoms with Crippen molar-refractivity contribution < 1.29 is 4.79 Å². The number of halogens is 1. The molecule has 0 aliphatic carbocycles. The van der Waals surface area contributed by atoms with Crippen molar-refractivity contribution in [2.45, 2.75) is 13.0 Å². The van der Waals surface area contributed by atoms with Crippen molar-refractivity contribution in [1.82, 2.24) is 9.88 Å². The molecule has 0 aliphatic rings. The molecule has 22 heavy (non-hydrogen) atoms. The zero-order chi connectivity index (χ0) is 15.7. The molecule has 0 N–H and O–H groups in total. The van der Waals surface area contributed by atoms with Gasteiger partial charge in [-0.2, -0.15) is 0 Å². The number of para-hydroxylation sites is 1. The lowest BCUT2D eigenvalue weighted by Crippen LogP contribution is -2.29. The van der Waals surface area contributed by atoms with E-state index in [-0.39, 0.29) is 11.9 Å². The summed E-state index contributed by atoms with van der Waals surface area (Å²) in [6, 6.07) is 14.9. The molecule has 112 valence electrons. The highest BCUT2D eigenvalue weighted by Crippen LogP contribution is 2.29. The minimum atomic E-state index is -0.0828. The summed E-state index contributed by atoms with van der Waals surface area (Å²) in [4.78, 5) is 18.9. The van der Waals surface area contributed by atoms with E-state index in [0.29, 0.717) is 10.6 Å². The molecule has 0 saturated heterocycles. The summed E-state index contributed by atoms with van der Waals surface area (Å²) in [7, 11) is 1.80. The van der Waals surface area contributed by atoms with E-state index >= 15 is 0 Å². The van der Waals surface area contributed by atoms with Crippen LogP contribution in [0.2, 0.25) is 5.02 Å². The van der Waals surface area contributed by atoms with Gasteiger partial charge in [-0.15, -0.1) is 11.3 Å². The Morgan fingerprint density at radius 3 is 2.55 bits per heavy atom. The number of carbonyl (C=O) groups is 1. The topological polar surface area (TPSA) is 33.2 Å². The summed E-state index contributed by atoms with van der Waals surface area (Å²) in [6.45, 7) is 1.99. The SMILES string of the molecule is CC(c1nc2ccccc2s1)N(C)C(=O)c1ccc(Cl)cc1. The second kappa shape index (κ2) is 6.07. The van der Waals surface area contributed by atoms with Gasteiger partial charge in [0.2, 0.25) is 0 Å². The Morgan fingerprint density at radius 1 is 1.18 bits per heavy atom. The van der Waals surface area contributed by atoms with E-state index in [9.17, 15) is 4.79 Å². The van der Waals surface area contributed by atoms with Gasteiger partial charge in [-0.25, -0.2) is 4.98 Å². The van der Waals surface area contributed by atoms with Crippen LogP contribution < -0.4 is 0 Å². The fourth-order valence-corrected chi connectivity index (χ4v) is 3.40. The van der Waals surface area contributed by atoms with Gasteiger partial charge >= 0.3 is 0 Å². The molecule has 1 heterocycles. The monoisotopic (exact) mass is 330 g/mol. The van der Waals surface area contributed by atoms with Gasteiger partial charge in [0, 0.05) is 17.6 Å². The van der Waals surface area contributed by atoms with E-state index < -0.39 is 0 Å². The predicted octanol–water partition coefficient (Wildman–Crippen LogP) is 4.78. The zero-order valence-corrected chi connectivity index (χ0v) is 13.9. The van der Waals surface area contributed by atoms with Crippen LogP contribution in [0.15, 0.2) is 48.5 Å². The molecule has 0 aliphatic heterocycles. The van der Waals surface area contributed by atoms with Gasteiger partial charge in [-0.1, -0.05) is 23.7 Å². The first kappa shape index (κ1) is 15.0. The lowest BCUT2D eigenvalue weighted by atomic mass is 10.2. The molecule has 1 amide bonds. The van der Waals surface area contributed by atoms with Crippen LogP contribution in [0.25, 0.3) is 10.2 Å². The van der Waals surface area contributed by atoms with Gasteiger partial charge in [0.15, 0.2) is 0 Å². The predicted molar refractivity (Wildman–Crippen MR) is 91.6 cm³/mol. The van der Waals surface area contributed by atoms with E-state index in [4.69, 9.17) is 11.6 Å². The Bertz CT molecular complexity index is 780. The minimum Gasteiger partial charge on any atom is -0.333 e. The van der Waals surface area contributed by atoms with Crippen molar-refractivity contribution in [1.29, 1.82) is 0 Å². The van der Waals surface area contributed by atoms with Crippen LogP contribution in [0.3, 0.4) is 0 Å². The fraction of sp³-hybridized carbons (Fsp3) is 0.176. The molecule has 3 aromatic rings. The van der Waals surface area contributed by atoms with Crippen molar-refractivity contribution in [2.75, 3.05) is 7.05 Å². The van der Waals surface area contributed by atoms with E-state index in [1.807, 2.05) is 31.2 Å². The molecule has 5 heteroatoms. The summed E-state index contributed by atoms with van der Waals surface area (Å²) in [5, 5.41) is 1.56. The Balaban J connectivity index is 1.85. The van der Waals surface area contributed by atoms with Gasteiger partial charge in [0.05, 0.1) is 16.3 Å². The molecule has 1 atom stereocenters. The average Bonchev–Trinajstić information content (AvgIpc) is 2.97. The quantitative estimate of drug-likeness (QED) is 0.692. The Hall–Kier alpha value is -1.91. The number of fused-ring (bicyclic) bond motifs is 1. The third kappa shape index (κ3) is 2.85. The number of aromatic nitrogens is 1. The largest absolute Gasteiger partial charge is 0.333 e. The molecule has 0 fully saturated rings. The third-order valence-electron chi connectivity index (χ3n) is 3.66. The van der Waals surface area contributed by atoms with Gasteiger partial charge < -0.3 is 4.90 Å². The summed E-state index contributed by atoms with van der Waals surface area (Å²) >= 11 is 7.49. The van der Waals surface area contributed by atoms with Crippen LogP contribution in [0.5, 0.6) is 0 Å². The lowest BCUT2D eigenvalue weighted by Gasteiger charge is -2.23. The van der Waals surface area contributed by atoms with Crippen LogP contribution in [0.1, 0.15) is 28.3 Å². The zero-order valence-electron chi connectivity index (χ0n) is 12.3. The highest BCUT2D eigenvalue weighted by molar-refractivity contribution is 7.18. The van der Waals surface area contributed by atoms with Gasteiger partial charge in [-0.05, 0) is 43.3 Å². The summed E-state index contributed by atoms with van der Waals surface area (Å²) in [6.07, 6.45) is 0. The Morgan fingerprint density at radius 2 is 1.86 bits per heavy atom. The summed E-state index contributed by atoms with van der Waals surface area (Å²) in [5.41, 5.74) is 1.60. The number of rotatable bonds is 3. The van der Waals surface area contributed by atoms with Crippen molar-refractivity contribution in [2.24, 2.45) is 0 Å². The van der Waals surface area contributed by atoms with Crippen LogP contribution in [0, 0.1) is 0 Å². The second-order valence-corrected chi connectivity index (χ2v) is 6.62. The number of thiazole rings is 1. The van der Waals surface area contributed by atoms with Crippen molar-refractivity contribution in [3.05, 3.63) is 64.1 Å². The maximum absolute atomic E-state index is 12.5. The molecular weight excluding hydrogens is 316 g/mol. The normalized spacial score (nSPS) is 12.3. The van der Waals surface area contributed by atoms with Crippen molar-refractivity contribution in [3.63, 3.8) is 0 Å². The first-order valence-electron chi connectivity index (χ1n) is 6.94. The second-order valence-electron chi connectivity index (χ2n) is 5.12. The number of carbonyl (C=O) groups excluding carboxylic acids is 1. The highest BCUT2D eigenvalue weighted by Gasteiger charge is 2.21. The van der Waals surface area contributed by atoms with Crippen LogP contribution in [0.4, 0.5) is 0 Å². The number of hydrogen-bond donors (Lipinski definition) is 0. The average molecular weight is 331 g/mol. The molecule has 0 radical (unpaired) electrons. The van der Waals surface area contributed by atoms with E-state index in [0.717, 1.165) is 15.2 Å². The molecule has 1 unspecified atom stereocenters. The molecule has 0 spiro atoms. The fourth-order valence-electron chi connectivity index (χ4n) is 2.21. The van der Waals surface area contributed by atoms with E-state index in [2.05, 4.69) is 4.98 Å². The lowest BCUT2D eigenvalue weighted by molar-refractivity contribution is 0.0742. The number of nitrogens with zero attached hydrogens (tertiary/aromatic N) is 2. The number of amides is 1. The molecule has 3 nitrogen and oxygen atoms in total. The molecule has 1 aromatic heterocycles. The standard InChI is InChI=1S/C17H15ClN2OS/c1-11(16-19-14-5-3-4-6-15(14)22-16)20(2)17(21)12-7-9-13(18)10-8-12/h3-11H,1-2H3. The van der Waals surface area contributed by atoms with Crippen LogP contribution in [-0.2, 0) is 0 Å². The first-order valence-corrected chi connectivity index (χ1v) is 8.14. The van der Waals surface area contributed by atoms with Crippen molar-refractivity contribution in [3.8, 4) is 0 Å². The first-order chi connectivity index (χ1) is 10.6. The minimum absolute atomic E-state index is 0.0385. The summed E-state index contributed by atoms with van der Waals surface area (Å²) in [5.74, 6) is -0.0385. The van der Waals surface area contributed by atoms with E-state index in [1.165, 1.54) is 0 Å². The highest BCUT2D eigenvalue weighted by atomic mass is 35.5. The maximum Gasteiger partial charge on any atom is 0.254 e. The van der Waals surface area contributed by atoms with Gasteiger partial charge in [-0.3, -0.25) is 4.79 Å². The van der Waals surface area contributed by atoms with Gasteiger partial charge in [0.1, 0.15) is 5.01 Å². The molecule has 3 rings (SSSR count). The molecule has 0 bridgehead atoms. The summed E-state index contributed by atoms with van der Waals surface area (Å²) < 4.78 is 1.14. The maximum atomic E-state index is 12.5. The van der Waals surface area contributed by atoms with Crippen molar-refractivity contribution >= 4 is 39.1 Å². The molecule has 2 aromatic carbocycles. The van der Waals surface area contributed by atoms with E-state index in [1.54, 1.807) is 47.5 Å². The third-order valence-corrected chi connectivity index (χ3v) is 5.12. The molecular formula is C17H15ClN2OS. The Labute approximate surface area is 138 Å². The van der Waals surface area contributed by atoms with Crippen LogP contribution >= 0.6 is 22.9 Å². The smallest absolute Gasteiger partial charge is 0.254 e. The molecule has 0 saturated carbocycles. The van der Waals surface area contributed by atoms with Crippen LogP contribution in [-0.4, -0.2) is 22.8 Å². The number of benzene rings is 2. The van der Waals surface area contributed by atoms with Gasteiger partial charge in [0.25, 0.3) is 5.91 Å². The Kier molecular flexibility index (Phi) is 4.14.